The Bertz CT molecular complexity index is 1360. The van der Waals surface area contributed by atoms with Crippen molar-refractivity contribution in [2.45, 2.75) is 19.8 Å². The van der Waals surface area contributed by atoms with Crippen molar-refractivity contribution in [3.05, 3.63) is 59.7 Å². The van der Waals surface area contributed by atoms with E-state index in [9.17, 15) is 5.11 Å². The summed E-state index contributed by atoms with van der Waals surface area (Å²) in [5, 5.41) is 17.8. The van der Waals surface area contributed by atoms with E-state index in [1.54, 1.807) is 24.3 Å². The normalized spacial score (nSPS) is 14.6. The molecule has 176 valence electrons. The molecule has 34 heavy (non-hydrogen) atoms. The summed E-state index contributed by atoms with van der Waals surface area (Å²) in [4.78, 5) is 10.5. The third-order valence-electron chi connectivity index (χ3n) is 6.43. The number of imidazole rings is 1. The smallest absolute Gasteiger partial charge is 0.159 e. The molecule has 0 fully saturated rings. The fraction of sp³-hybridized carbons (Fsp3) is 0.308. The van der Waals surface area contributed by atoms with Crippen LogP contribution in [-0.4, -0.2) is 61.8 Å². The topological polar surface area (TPSA) is 80.8 Å². The number of thioether (sulfide) groups is 1. The molecule has 0 spiro atoms. The average molecular weight is 478 g/mol. The first-order valence-electron chi connectivity index (χ1n) is 11.5. The van der Waals surface area contributed by atoms with Gasteiger partial charge in [0.2, 0.25) is 0 Å². The van der Waals surface area contributed by atoms with Gasteiger partial charge in [-0.2, -0.15) is 16.9 Å². The van der Waals surface area contributed by atoms with E-state index in [1.165, 1.54) is 5.57 Å². The Labute approximate surface area is 202 Å². The molecule has 5 rings (SSSR count). The number of nitrogens with zero attached hydrogens (tertiary/aromatic N) is 3. The Hall–Kier alpha value is -3.10. The third-order valence-corrected chi connectivity index (χ3v) is 7.02. The lowest BCUT2D eigenvalue weighted by Crippen LogP contribution is -2.31. The predicted octanol–water partition coefficient (Wildman–Crippen LogP) is 5.48. The first-order valence-corrected chi connectivity index (χ1v) is 12.9. The van der Waals surface area contributed by atoms with Gasteiger partial charge in [0.15, 0.2) is 11.6 Å². The Morgan fingerprint density at radius 2 is 2.06 bits per heavy atom. The number of rotatable bonds is 7. The molecule has 3 N–H and O–H groups in total. The van der Waals surface area contributed by atoms with Crippen LogP contribution in [-0.2, 0) is 6.42 Å². The highest BCUT2D eigenvalue weighted by molar-refractivity contribution is 7.98. The molecular weight excluding hydrogens is 449 g/mol. The van der Waals surface area contributed by atoms with E-state index in [0.29, 0.717) is 28.9 Å². The van der Waals surface area contributed by atoms with Crippen molar-refractivity contribution in [3.8, 4) is 28.4 Å². The molecule has 0 aliphatic carbocycles. The Kier molecular flexibility index (Phi) is 6.43. The number of aryl methyl sites for hydroxylation is 1. The quantitative estimate of drug-likeness (QED) is 0.328. The number of nitrogens with one attached hydrogen (secondary N) is 2. The van der Waals surface area contributed by atoms with E-state index in [2.05, 4.69) is 37.4 Å². The zero-order valence-corrected chi connectivity index (χ0v) is 20.2. The van der Waals surface area contributed by atoms with E-state index in [-0.39, 0.29) is 17.1 Å². The molecule has 1 aliphatic rings. The van der Waals surface area contributed by atoms with Crippen molar-refractivity contribution in [2.24, 2.45) is 0 Å². The molecule has 4 aromatic rings. The van der Waals surface area contributed by atoms with Gasteiger partial charge in [-0.3, -0.25) is 10.00 Å². The van der Waals surface area contributed by atoms with Crippen LogP contribution in [0.15, 0.2) is 42.6 Å². The van der Waals surface area contributed by atoms with Crippen LogP contribution in [0.2, 0.25) is 0 Å². The molecule has 3 heterocycles. The molecular formula is C26H28FN5OS. The van der Waals surface area contributed by atoms with Crippen molar-refractivity contribution >= 4 is 28.2 Å². The number of halogens is 1. The maximum absolute atomic E-state index is 15.5. The summed E-state index contributed by atoms with van der Waals surface area (Å²) in [7, 11) is 0. The van der Waals surface area contributed by atoms with Crippen molar-refractivity contribution < 1.29 is 9.50 Å². The minimum Gasteiger partial charge on any atom is -0.508 e. The molecule has 0 saturated carbocycles. The summed E-state index contributed by atoms with van der Waals surface area (Å²) >= 11 is 1.86. The van der Waals surface area contributed by atoms with E-state index in [0.717, 1.165) is 48.6 Å². The highest BCUT2D eigenvalue weighted by Crippen LogP contribution is 2.35. The summed E-state index contributed by atoms with van der Waals surface area (Å²) in [6.07, 6.45) is 7.96. The lowest BCUT2D eigenvalue weighted by atomic mass is 9.96. The fourth-order valence-electron chi connectivity index (χ4n) is 4.60. The van der Waals surface area contributed by atoms with Crippen molar-refractivity contribution in [2.75, 3.05) is 31.6 Å². The van der Waals surface area contributed by atoms with Crippen LogP contribution in [0.1, 0.15) is 24.6 Å². The number of phenols is 1. The van der Waals surface area contributed by atoms with Gasteiger partial charge in [-0.15, -0.1) is 0 Å². The molecule has 2 aromatic heterocycles. The van der Waals surface area contributed by atoms with Crippen molar-refractivity contribution in [1.29, 1.82) is 0 Å². The molecule has 0 radical (unpaired) electrons. The molecule has 8 heteroatoms. The SMILES string of the molecule is CCc1cc(O)ccc1-c1ccc2c(-c3ncc(C4=CCCN(CCSC)C4)[nH]3)[nH]nc2c1F. The van der Waals surface area contributed by atoms with Crippen LogP contribution in [0.3, 0.4) is 0 Å². The monoisotopic (exact) mass is 477 g/mol. The van der Waals surface area contributed by atoms with Gasteiger partial charge in [0.25, 0.3) is 0 Å². The molecule has 0 bridgehead atoms. The highest BCUT2D eigenvalue weighted by atomic mass is 32.2. The second kappa shape index (κ2) is 9.64. The van der Waals surface area contributed by atoms with Gasteiger partial charge in [0.1, 0.15) is 17.0 Å². The lowest BCUT2D eigenvalue weighted by molar-refractivity contribution is 0.324. The molecule has 2 aromatic carbocycles. The van der Waals surface area contributed by atoms with Gasteiger partial charge in [-0.25, -0.2) is 9.37 Å². The number of H-pyrrole nitrogens is 2. The van der Waals surface area contributed by atoms with Crippen LogP contribution in [0.5, 0.6) is 5.75 Å². The predicted molar refractivity (Wildman–Crippen MR) is 138 cm³/mol. The maximum atomic E-state index is 15.5. The number of benzene rings is 2. The van der Waals surface area contributed by atoms with Gasteiger partial charge < -0.3 is 10.1 Å². The minimum absolute atomic E-state index is 0.179. The van der Waals surface area contributed by atoms with Crippen LogP contribution in [0.4, 0.5) is 4.39 Å². The second-order valence-corrected chi connectivity index (χ2v) is 9.53. The molecule has 6 nitrogen and oxygen atoms in total. The third kappa shape index (κ3) is 4.23. The lowest BCUT2D eigenvalue weighted by Gasteiger charge is -2.26. The van der Waals surface area contributed by atoms with Crippen LogP contribution >= 0.6 is 11.8 Å². The maximum Gasteiger partial charge on any atom is 0.159 e. The number of fused-ring (bicyclic) bond motifs is 1. The highest BCUT2D eigenvalue weighted by Gasteiger charge is 2.20. The van der Waals surface area contributed by atoms with Crippen molar-refractivity contribution in [3.63, 3.8) is 0 Å². The average Bonchev–Trinajstić information content (AvgIpc) is 3.51. The molecule has 0 saturated heterocycles. The second-order valence-electron chi connectivity index (χ2n) is 8.55. The Balaban J connectivity index is 1.46. The Morgan fingerprint density at radius 1 is 1.21 bits per heavy atom. The van der Waals surface area contributed by atoms with E-state index < -0.39 is 0 Å². The summed E-state index contributed by atoms with van der Waals surface area (Å²) in [6.45, 7) is 5.04. The van der Waals surface area contributed by atoms with Gasteiger partial charge in [-0.1, -0.05) is 25.1 Å². The zero-order valence-electron chi connectivity index (χ0n) is 19.4. The van der Waals surface area contributed by atoms with E-state index in [4.69, 9.17) is 0 Å². The molecule has 0 amide bonds. The number of hydrogen-bond donors (Lipinski definition) is 3. The summed E-state index contributed by atoms with van der Waals surface area (Å²) in [5.41, 5.74) is 5.30. The molecule has 0 atom stereocenters. The molecule has 0 unspecified atom stereocenters. The largest absolute Gasteiger partial charge is 0.508 e. The van der Waals surface area contributed by atoms with E-state index >= 15 is 4.39 Å². The summed E-state index contributed by atoms with van der Waals surface area (Å²) in [6, 6.07) is 8.68. The number of aromatic amines is 2. The van der Waals surface area contributed by atoms with Gasteiger partial charge in [0, 0.05) is 36.3 Å². The number of hydrogen-bond acceptors (Lipinski definition) is 5. The standard InChI is InChI=1S/C26H28FN5OS/c1-3-16-13-18(33)6-7-19(16)20-8-9-21-24(23(20)27)30-31-25(21)26-28-14-22(29-26)17-5-4-10-32(15-17)11-12-34-2/h5-9,13-14,33H,3-4,10-12,15H2,1-2H3,(H,28,29)(H,30,31). The Morgan fingerprint density at radius 3 is 2.88 bits per heavy atom. The van der Waals surface area contributed by atoms with Crippen LogP contribution < -0.4 is 0 Å². The fourth-order valence-corrected chi connectivity index (χ4v) is 5.04. The number of aromatic nitrogens is 4. The van der Waals surface area contributed by atoms with Crippen LogP contribution in [0, 0.1) is 5.82 Å². The van der Waals surface area contributed by atoms with Gasteiger partial charge in [-0.05, 0) is 54.0 Å². The van der Waals surface area contributed by atoms with E-state index in [1.807, 2.05) is 30.9 Å². The minimum atomic E-state index is -0.383. The first kappa shape index (κ1) is 22.7. The summed E-state index contributed by atoms with van der Waals surface area (Å²) in [5.74, 6) is 1.56. The van der Waals surface area contributed by atoms with Crippen molar-refractivity contribution in [1.82, 2.24) is 25.1 Å². The molecule has 1 aliphatic heterocycles. The van der Waals surface area contributed by atoms with Gasteiger partial charge >= 0.3 is 0 Å². The van der Waals surface area contributed by atoms with Gasteiger partial charge in [0.05, 0.1) is 11.9 Å². The number of phenolic OH excluding ortho intramolecular Hbond substituents is 1. The zero-order chi connectivity index (χ0) is 23.7. The van der Waals surface area contributed by atoms with Crippen LogP contribution in [0.25, 0.3) is 39.1 Å². The number of aromatic hydroxyl groups is 1. The summed E-state index contributed by atoms with van der Waals surface area (Å²) < 4.78 is 15.5. The first-order chi connectivity index (χ1) is 16.6.